The van der Waals surface area contributed by atoms with Gasteiger partial charge in [0.05, 0.1) is 11.1 Å². The van der Waals surface area contributed by atoms with Gasteiger partial charge in [-0.15, -0.1) is 0 Å². The van der Waals surface area contributed by atoms with Crippen molar-refractivity contribution in [2.24, 2.45) is 5.73 Å². The van der Waals surface area contributed by atoms with Gasteiger partial charge < -0.3 is 15.4 Å². The summed E-state index contributed by atoms with van der Waals surface area (Å²) in [7, 11) is 0. The summed E-state index contributed by atoms with van der Waals surface area (Å²) in [4.78, 5) is 14.1. The predicted molar refractivity (Wildman–Crippen MR) is 114 cm³/mol. The second-order valence-electron chi connectivity index (χ2n) is 6.84. The molecule has 0 aliphatic carbocycles. The molecule has 0 saturated heterocycles. The Morgan fingerprint density at radius 2 is 1.66 bits per heavy atom. The van der Waals surface area contributed by atoms with E-state index >= 15 is 0 Å². The normalized spacial score (nSPS) is 11.3. The number of carbonyl (C=O) groups excluding carboxylic acids is 1. The first-order chi connectivity index (χ1) is 15.2. The molecule has 0 fully saturated rings. The zero-order chi connectivity index (χ0) is 23.3. The van der Waals surface area contributed by atoms with Crippen LogP contribution in [0.1, 0.15) is 21.5 Å². The molecule has 0 radical (unpaired) electrons. The molecule has 3 rings (SSSR count). The molecule has 0 aromatic heterocycles. The van der Waals surface area contributed by atoms with E-state index in [9.17, 15) is 22.4 Å². The molecular formula is C23H19ClF4N2O2. The molecule has 32 heavy (non-hydrogen) atoms. The van der Waals surface area contributed by atoms with Crippen LogP contribution in [-0.4, -0.2) is 19.0 Å². The molecule has 0 bridgehead atoms. The van der Waals surface area contributed by atoms with Gasteiger partial charge in [-0.1, -0.05) is 23.7 Å². The van der Waals surface area contributed by atoms with E-state index in [4.69, 9.17) is 22.1 Å². The van der Waals surface area contributed by atoms with Crippen molar-refractivity contribution >= 4 is 23.2 Å². The fourth-order valence-electron chi connectivity index (χ4n) is 3.03. The molecule has 9 heteroatoms. The second kappa shape index (κ2) is 10.0. The quantitative estimate of drug-likeness (QED) is 0.456. The summed E-state index contributed by atoms with van der Waals surface area (Å²) in [6.07, 6.45) is -4.89. The van der Waals surface area contributed by atoms with Gasteiger partial charge in [0.1, 0.15) is 18.2 Å². The van der Waals surface area contributed by atoms with Crippen molar-refractivity contribution in [1.29, 1.82) is 0 Å². The number of alkyl halides is 3. The number of nitrogens with zero attached hydrogens (tertiary/aromatic N) is 1. The molecule has 0 aliphatic rings. The summed E-state index contributed by atoms with van der Waals surface area (Å²) >= 11 is 5.85. The summed E-state index contributed by atoms with van der Waals surface area (Å²) in [5.41, 5.74) is 4.80. The lowest BCUT2D eigenvalue weighted by Crippen LogP contribution is -2.36. The average Bonchev–Trinajstić information content (AvgIpc) is 2.76. The van der Waals surface area contributed by atoms with Crippen molar-refractivity contribution in [2.45, 2.75) is 12.8 Å². The van der Waals surface area contributed by atoms with Crippen LogP contribution in [0.25, 0.3) is 0 Å². The first kappa shape index (κ1) is 23.6. The van der Waals surface area contributed by atoms with Crippen molar-refractivity contribution in [3.63, 3.8) is 0 Å². The highest BCUT2D eigenvalue weighted by Crippen LogP contribution is 2.34. The molecule has 0 heterocycles. The van der Waals surface area contributed by atoms with Crippen molar-refractivity contribution in [2.75, 3.05) is 18.0 Å². The molecule has 0 atom stereocenters. The highest BCUT2D eigenvalue weighted by atomic mass is 35.5. The Morgan fingerprint density at radius 1 is 1.00 bits per heavy atom. The summed E-state index contributed by atoms with van der Waals surface area (Å²) in [6, 6.07) is 15.3. The zero-order valence-electron chi connectivity index (χ0n) is 16.7. The Kier molecular flexibility index (Phi) is 7.37. The van der Waals surface area contributed by atoms with E-state index in [1.54, 1.807) is 36.4 Å². The summed E-state index contributed by atoms with van der Waals surface area (Å²) in [5.74, 6) is -1.51. The van der Waals surface area contributed by atoms with Crippen LogP contribution in [0.3, 0.4) is 0 Å². The van der Waals surface area contributed by atoms with Gasteiger partial charge in [-0.2, -0.15) is 13.2 Å². The number of benzene rings is 3. The molecule has 168 valence electrons. The third kappa shape index (κ3) is 5.77. The minimum absolute atomic E-state index is 0.0170. The van der Waals surface area contributed by atoms with Gasteiger partial charge in [0.15, 0.2) is 0 Å². The molecule has 3 aromatic rings. The molecule has 1 amide bonds. The lowest BCUT2D eigenvalue weighted by Gasteiger charge is -2.24. The van der Waals surface area contributed by atoms with Crippen LogP contribution >= 0.6 is 11.6 Å². The first-order valence-electron chi connectivity index (χ1n) is 9.55. The Hall–Kier alpha value is -3.10. The number of carbonyl (C=O) groups is 1. The van der Waals surface area contributed by atoms with Gasteiger partial charge in [-0.3, -0.25) is 4.79 Å². The summed E-state index contributed by atoms with van der Waals surface area (Å²) < 4.78 is 59.2. The zero-order valence-corrected chi connectivity index (χ0v) is 17.5. The van der Waals surface area contributed by atoms with Gasteiger partial charge in [0.25, 0.3) is 5.91 Å². The lowest BCUT2D eigenvalue weighted by molar-refractivity contribution is -0.138. The highest BCUT2D eigenvalue weighted by molar-refractivity contribution is 6.30. The minimum atomic E-state index is -4.89. The number of rotatable bonds is 7. The Labute approximate surface area is 187 Å². The SMILES string of the molecule is NCCN(C(=O)c1ccc(F)cc1C(F)(F)F)c1ccc(OCc2ccc(Cl)cc2)cc1. The molecule has 4 nitrogen and oxygen atoms in total. The number of hydrogen-bond donors (Lipinski definition) is 1. The first-order valence-corrected chi connectivity index (χ1v) is 9.93. The minimum Gasteiger partial charge on any atom is -0.489 e. The van der Waals surface area contributed by atoms with Gasteiger partial charge in [0.2, 0.25) is 0 Å². The third-order valence-corrected chi connectivity index (χ3v) is 4.83. The predicted octanol–water partition coefficient (Wildman–Crippen LogP) is 5.68. The van der Waals surface area contributed by atoms with Crippen molar-refractivity contribution in [1.82, 2.24) is 0 Å². The number of anilines is 1. The van der Waals surface area contributed by atoms with Crippen LogP contribution in [0.15, 0.2) is 66.7 Å². The number of hydrogen-bond acceptors (Lipinski definition) is 3. The van der Waals surface area contributed by atoms with Crippen molar-refractivity contribution < 1.29 is 27.1 Å². The Bertz CT molecular complexity index is 1070. The molecule has 0 spiro atoms. The topological polar surface area (TPSA) is 55.6 Å². The van der Waals surface area contributed by atoms with Crippen LogP contribution in [-0.2, 0) is 12.8 Å². The van der Waals surface area contributed by atoms with E-state index in [0.29, 0.717) is 22.5 Å². The van der Waals surface area contributed by atoms with E-state index in [0.717, 1.165) is 22.6 Å². The van der Waals surface area contributed by atoms with Gasteiger partial charge in [-0.25, -0.2) is 4.39 Å². The maximum atomic E-state index is 13.4. The smallest absolute Gasteiger partial charge is 0.417 e. The number of halogens is 5. The molecule has 0 saturated carbocycles. The largest absolute Gasteiger partial charge is 0.489 e. The van der Waals surface area contributed by atoms with Gasteiger partial charge >= 0.3 is 6.18 Å². The number of amides is 1. The van der Waals surface area contributed by atoms with E-state index in [2.05, 4.69) is 0 Å². The Balaban J connectivity index is 1.81. The molecule has 0 unspecified atom stereocenters. The standard InChI is InChI=1S/C23H19ClF4N2O2/c24-16-3-1-15(2-4-16)14-32-19-8-6-18(7-9-19)30(12-11-29)22(31)20-10-5-17(25)13-21(20)23(26,27)28/h1-10,13H,11-12,14,29H2. The van der Waals surface area contributed by atoms with Gasteiger partial charge in [-0.05, 0) is 60.2 Å². The highest BCUT2D eigenvalue weighted by Gasteiger charge is 2.37. The van der Waals surface area contributed by atoms with Crippen LogP contribution in [0.4, 0.5) is 23.2 Å². The van der Waals surface area contributed by atoms with Crippen LogP contribution in [0.2, 0.25) is 5.02 Å². The second-order valence-corrected chi connectivity index (χ2v) is 7.28. The summed E-state index contributed by atoms with van der Waals surface area (Å²) in [6.45, 7) is 0.272. The monoisotopic (exact) mass is 466 g/mol. The number of ether oxygens (including phenoxy) is 1. The summed E-state index contributed by atoms with van der Waals surface area (Å²) in [5, 5.41) is 0.609. The average molecular weight is 467 g/mol. The molecule has 2 N–H and O–H groups in total. The van der Waals surface area contributed by atoms with Crippen molar-refractivity contribution in [3.05, 3.63) is 94.3 Å². The fraction of sp³-hybridized carbons (Fsp3) is 0.174. The molecule has 3 aromatic carbocycles. The number of nitrogens with two attached hydrogens (primary N) is 1. The van der Waals surface area contributed by atoms with Crippen LogP contribution in [0.5, 0.6) is 5.75 Å². The fourth-order valence-corrected chi connectivity index (χ4v) is 3.16. The van der Waals surface area contributed by atoms with E-state index in [1.807, 2.05) is 12.1 Å². The lowest BCUT2D eigenvalue weighted by atomic mass is 10.0. The van der Waals surface area contributed by atoms with E-state index in [-0.39, 0.29) is 19.7 Å². The van der Waals surface area contributed by atoms with E-state index < -0.39 is 29.0 Å². The maximum Gasteiger partial charge on any atom is 0.417 e. The van der Waals surface area contributed by atoms with E-state index in [1.165, 1.54) is 0 Å². The van der Waals surface area contributed by atoms with Crippen molar-refractivity contribution in [3.8, 4) is 5.75 Å². The van der Waals surface area contributed by atoms with Crippen LogP contribution < -0.4 is 15.4 Å². The molecule has 0 aliphatic heterocycles. The van der Waals surface area contributed by atoms with Gasteiger partial charge in [0, 0.05) is 23.8 Å². The molecular weight excluding hydrogens is 448 g/mol. The Morgan fingerprint density at radius 3 is 2.25 bits per heavy atom. The maximum absolute atomic E-state index is 13.4. The third-order valence-electron chi connectivity index (χ3n) is 4.58. The van der Waals surface area contributed by atoms with Crippen LogP contribution in [0, 0.1) is 5.82 Å².